The highest BCUT2D eigenvalue weighted by Crippen LogP contribution is 2.52. The van der Waals surface area contributed by atoms with Crippen LogP contribution >= 0.6 is 0 Å². The third-order valence-electron chi connectivity index (χ3n) is 4.54. The van der Waals surface area contributed by atoms with Crippen LogP contribution in [-0.4, -0.2) is 28.9 Å². The Labute approximate surface area is 136 Å². The average molecular weight is 339 g/mol. The lowest BCUT2D eigenvalue weighted by molar-refractivity contribution is -0.278. The highest BCUT2D eigenvalue weighted by molar-refractivity contribution is 5.76. The summed E-state index contributed by atoms with van der Waals surface area (Å²) in [5.74, 6) is -1.52. The number of aromatic nitrogens is 1. The Bertz CT molecular complexity index is 741. The highest BCUT2D eigenvalue weighted by Gasteiger charge is 2.61. The normalized spacial score (nSPS) is 26.7. The third-order valence-corrected chi connectivity index (χ3v) is 4.54. The van der Waals surface area contributed by atoms with Crippen molar-refractivity contribution in [3.63, 3.8) is 0 Å². The van der Waals surface area contributed by atoms with Gasteiger partial charge >= 0.3 is 12.1 Å². The smallest absolute Gasteiger partial charge is 0.422 e. The molecule has 0 aliphatic carbocycles. The number of carbonyl (C=O) groups excluding carboxylic acids is 1. The van der Waals surface area contributed by atoms with E-state index in [1.54, 1.807) is 30.3 Å². The fourth-order valence-corrected chi connectivity index (χ4v) is 3.38. The monoisotopic (exact) mass is 339 g/mol. The van der Waals surface area contributed by atoms with Gasteiger partial charge in [0.2, 0.25) is 5.60 Å². The first-order chi connectivity index (χ1) is 11.3. The van der Waals surface area contributed by atoms with Gasteiger partial charge in [0.25, 0.3) is 0 Å². The molecule has 0 saturated carbocycles. The van der Waals surface area contributed by atoms with Crippen LogP contribution in [0.25, 0.3) is 0 Å². The SMILES string of the molecule is COC(=O)[C@@H]1[C@H](c2ccccc2)C[C@](O)(C(F)(F)F)c2cccn21. The second-order valence-corrected chi connectivity index (χ2v) is 5.85. The Morgan fingerprint density at radius 3 is 2.50 bits per heavy atom. The van der Waals surface area contributed by atoms with Gasteiger partial charge in [0, 0.05) is 18.5 Å². The van der Waals surface area contributed by atoms with E-state index in [1.165, 1.54) is 30.0 Å². The van der Waals surface area contributed by atoms with Crippen LogP contribution in [0.3, 0.4) is 0 Å². The molecule has 3 rings (SSSR count). The second kappa shape index (κ2) is 5.66. The van der Waals surface area contributed by atoms with Crippen LogP contribution in [0.2, 0.25) is 0 Å². The summed E-state index contributed by atoms with van der Waals surface area (Å²) in [7, 11) is 1.19. The van der Waals surface area contributed by atoms with Crippen LogP contribution in [0.5, 0.6) is 0 Å². The van der Waals surface area contributed by atoms with Gasteiger partial charge in [0.1, 0.15) is 6.04 Å². The van der Waals surface area contributed by atoms with Crippen molar-refractivity contribution in [3.8, 4) is 0 Å². The zero-order valence-electron chi connectivity index (χ0n) is 12.8. The minimum absolute atomic E-state index is 0.349. The van der Waals surface area contributed by atoms with Gasteiger partial charge in [-0.15, -0.1) is 0 Å². The number of esters is 1. The fourth-order valence-electron chi connectivity index (χ4n) is 3.38. The van der Waals surface area contributed by atoms with E-state index in [0.29, 0.717) is 5.56 Å². The van der Waals surface area contributed by atoms with Gasteiger partial charge in [0.05, 0.1) is 12.8 Å². The molecule has 3 atom stereocenters. The molecular formula is C17H16F3NO3. The van der Waals surface area contributed by atoms with Crippen molar-refractivity contribution in [1.82, 2.24) is 4.57 Å². The van der Waals surface area contributed by atoms with Crippen molar-refractivity contribution < 1.29 is 27.8 Å². The zero-order chi connectivity index (χ0) is 17.5. The molecule has 4 nitrogen and oxygen atoms in total. The number of aliphatic hydroxyl groups is 1. The minimum atomic E-state index is -4.86. The molecule has 0 unspecified atom stereocenters. The van der Waals surface area contributed by atoms with Gasteiger partial charge in [-0.25, -0.2) is 4.79 Å². The molecule has 7 heteroatoms. The summed E-state index contributed by atoms with van der Waals surface area (Å²) >= 11 is 0. The lowest BCUT2D eigenvalue weighted by atomic mass is 9.76. The number of carbonyl (C=O) groups is 1. The predicted octanol–water partition coefficient (Wildman–Crippen LogP) is 3.14. The van der Waals surface area contributed by atoms with Gasteiger partial charge in [0.15, 0.2) is 0 Å². The standard InChI is InChI=1S/C17H16F3NO3/c1-24-15(22)14-12(11-6-3-2-4-7-11)10-16(23,17(18,19)20)13-8-5-9-21(13)14/h2-9,12,14,23H,10H2,1H3/t12-,14-,16+/m0/s1. The molecule has 1 aromatic carbocycles. The summed E-state index contributed by atoms with van der Waals surface area (Å²) in [5, 5.41) is 10.5. The van der Waals surface area contributed by atoms with Crippen molar-refractivity contribution in [2.45, 2.75) is 30.2 Å². The van der Waals surface area contributed by atoms with E-state index in [0.717, 1.165) is 0 Å². The molecule has 1 aliphatic rings. The fraction of sp³-hybridized carbons (Fsp3) is 0.353. The number of rotatable bonds is 2. The van der Waals surface area contributed by atoms with Crippen molar-refractivity contribution >= 4 is 5.97 Å². The summed E-state index contributed by atoms with van der Waals surface area (Å²) < 4.78 is 46.8. The van der Waals surface area contributed by atoms with Crippen molar-refractivity contribution in [3.05, 3.63) is 59.9 Å². The topological polar surface area (TPSA) is 51.5 Å². The molecule has 0 fully saturated rings. The number of alkyl halides is 3. The number of hydrogen-bond donors (Lipinski definition) is 1. The Balaban J connectivity index is 2.20. The van der Waals surface area contributed by atoms with Gasteiger partial charge in [-0.05, 0) is 17.7 Å². The number of nitrogens with zero attached hydrogens (tertiary/aromatic N) is 1. The maximum Gasteiger partial charge on any atom is 0.422 e. The first kappa shape index (κ1) is 16.6. The number of methoxy groups -OCH3 is 1. The van der Waals surface area contributed by atoms with Crippen LogP contribution in [0.4, 0.5) is 13.2 Å². The summed E-state index contributed by atoms with van der Waals surface area (Å²) in [4.78, 5) is 12.3. The van der Waals surface area contributed by atoms with E-state index in [9.17, 15) is 23.1 Å². The summed E-state index contributed by atoms with van der Waals surface area (Å²) in [5.41, 5.74) is -2.84. The van der Waals surface area contributed by atoms with E-state index < -0.39 is 36.1 Å². The second-order valence-electron chi connectivity index (χ2n) is 5.85. The molecule has 128 valence electrons. The molecule has 0 saturated heterocycles. The van der Waals surface area contributed by atoms with Gasteiger partial charge in [-0.2, -0.15) is 13.2 Å². The molecule has 2 heterocycles. The number of ether oxygens (including phenoxy) is 1. The molecule has 0 spiro atoms. The van der Waals surface area contributed by atoms with E-state index in [-0.39, 0.29) is 5.69 Å². The predicted molar refractivity (Wildman–Crippen MR) is 79.2 cm³/mol. The van der Waals surface area contributed by atoms with Crippen LogP contribution in [0, 0.1) is 0 Å². The Hall–Kier alpha value is -2.28. The maximum absolute atomic E-state index is 13.6. The summed E-state index contributed by atoms with van der Waals surface area (Å²) in [6.45, 7) is 0. The van der Waals surface area contributed by atoms with Crippen LogP contribution in [0.15, 0.2) is 48.7 Å². The first-order valence-electron chi connectivity index (χ1n) is 7.39. The maximum atomic E-state index is 13.6. The summed E-state index contributed by atoms with van der Waals surface area (Å²) in [6, 6.07) is 9.99. The Morgan fingerprint density at radius 1 is 1.25 bits per heavy atom. The molecule has 2 aromatic rings. The molecule has 1 N–H and O–H groups in total. The van der Waals surface area contributed by atoms with E-state index in [1.807, 2.05) is 0 Å². The average Bonchev–Trinajstić information content (AvgIpc) is 3.04. The third kappa shape index (κ3) is 2.39. The molecule has 1 aliphatic heterocycles. The molecule has 0 amide bonds. The molecule has 0 radical (unpaired) electrons. The Kier molecular flexibility index (Phi) is 3.91. The van der Waals surface area contributed by atoms with Crippen LogP contribution < -0.4 is 0 Å². The van der Waals surface area contributed by atoms with Gasteiger partial charge in [-0.1, -0.05) is 30.3 Å². The molecule has 24 heavy (non-hydrogen) atoms. The molecule has 1 aromatic heterocycles. The van der Waals surface area contributed by atoms with E-state index in [4.69, 9.17) is 4.74 Å². The van der Waals surface area contributed by atoms with Crippen molar-refractivity contribution in [2.75, 3.05) is 7.11 Å². The quantitative estimate of drug-likeness (QED) is 0.855. The lowest BCUT2D eigenvalue weighted by Gasteiger charge is -2.42. The number of hydrogen-bond acceptors (Lipinski definition) is 3. The van der Waals surface area contributed by atoms with Crippen LogP contribution in [0.1, 0.15) is 29.6 Å². The highest BCUT2D eigenvalue weighted by atomic mass is 19.4. The first-order valence-corrected chi connectivity index (χ1v) is 7.39. The number of benzene rings is 1. The van der Waals surface area contributed by atoms with Crippen molar-refractivity contribution in [2.24, 2.45) is 0 Å². The molecular weight excluding hydrogens is 323 g/mol. The number of halogens is 3. The van der Waals surface area contributed by atoms with Gasteiger partial charge in [-0.3, -0.25) is 0 Å². The van der Waals surface area contributed by atoms with Crippen molar-refractivity contribution in [1.29, 1.82) is 0 Å². The largest absolute Gasteiger partial charge is 0.467 e. The Morgan fingerprint density at radius 2 is 1.92 bits per heavy atom. The van der Waals surface area contributed by atoms with Crippen LogP contribution in [-0.2, 0) is 15.1 Å². The van der Waals surface area contributed by atoms with E-state index >= 15 is 0 Å². The summed E-state index contributed by atoms with van der Waals surface area (Å²) in [6.07, 6.45) is -4.15. The minimum Gasteiger partial charge on any atom is -0.467 e. The molecule has 0 bridgehead atoms. The zero-order valence-corrected chi connectivity index (χ0v) is 12.8. The lowest BCUT2D eigenvalue weighted by Crippen LogP contribution is -2.50. The van der Waals surface area contributed by atoms with E-state index in [2.05, 4.69) is 0 Å². The van der Waals surface area contributed by atoms with Gasteiger partial charge < -0.3 is 14.4 Å². The number of fused-ring (bicyclic) bond motifs is 1.